The quantitative estimate of drug-likeness (QED) is 0.661. The van der Waals surface area contributed by atoms with Gasteiger partial charge in [0.05, 0.1) is 11.9 Å². The summed E-state index contributed by atoms with van der Waals surface area (Å²) in [5.41, 5.74) is 1.73. The van der Waals surface area contributed by atoms with Gasteiger partial charge in [-0.05, 0) is 19.1 Å². The molecule has 0 atom stereocenters. The fourth-order valence-electron chi connectivity index (χ4n) is 1.45. The third-order valence-corrected chi connectivity index (χ3v) is 2.41. The number of amides is 1. The number of rotatable bonds is 3. The molecule has 2 rings (SSSR count). The molecular weight excluding hydrogens is 228 g/mol. The summed E-state index contributed by atoms with van der Waals surface area (Å²) in [4.78, 5) is 27.5. The predicted molar refractivity (Wildman–Crippen MR) is 68.4 cm³/mol. The van der Waals surface area contributed by atoms with E-state index in [9.17, 15) is 9.59 Å². The lowest BCUT2D eigenvalue weighted by Crippen LogP contribution is -2.22. The molecule has 0 saturated heterocycles. The Morgan fingerprint density at radius 2 is 1.78 bits per heavy atom. The van der Waals surface area contributed by atoms with Crippen LogP contribution in [0.3, 0.4) is 0 Å². The SMILES string of the molecule is Cc1ccc(NC(=O)C(=O)c2ccccc2)cn1. The highest BCUT2D eigenvalue weighted by atomic mass is 16.2. The zero-order valence-electron chi connectivity index (χ0n) is 9.88. The molecule has 90 valence electrons. The van der Waals surface area contributed by atoms with E-state index in [0.29, 0.717) is 11.3 Å². The second-order valence-corrected chi connectivity index (χ2v) is 3.84. The molecule has 18 heavy (non-hydrogen) atoms. The van der Waals surface area contributed by atoms with Crippen LogP contribution in [0.1, 0.15) is 16.1 Å². The minimum Gasteiger partial charge on any atom is -0.318 e. The van der Waals surface area contributed by atoms with E-state index in [1.54, 1.807) is 42.5 Å². The smallest absolute Gasteiger partial charge is 0.296 e. The lowest BCUT2D eigenvalue weighted by Gasteiger charge is -2.04. The number of benzene rings is 1. The number of pyridine rings is 1. The van der Waals surface area contributed by atoms with Crippen LogP contribution in [0, 0.1) is 6.92 Å². The van der Waals surface area contributed by atoms with Gasteiger partial charge < -0.3 is 5.32 Å². The molecule has 2 aromatic rings. The van der Waals surface area contributed by atoms with Gasteiger partial charge in [0.25, 0.3) is 11.7 Å². The molecule has 0 fully saturated rings. The van der Waals surface area contributed by atoms with Crippen molar-refractivity contribution in [2.45, 2.75) is 6.92 Å². The second kappa shape index (κ2) is 5.23. The average Bonchev–Trinajstić information content (AvgIpc) is 2.41. The third kappa shape index (κ3) is 2.79. The van der Waals surface area contributed by atoms with E-state index >= 15 is 0 Å². The average molecular weight is 240 g/mol. The summed E-state index contributed by atoms with van der Waals surface area (Å²) in [5.74, 6) is -1.22. The van der Waals surface area contributed by atoms with Crippen molar-refractivity contribution in [2.24, 2.45) is 0 Å². The molecule has 0 spiro atoms. The Bertz CT molecular complexity index is 562. The monoisotopic (exact) mass is 240 g/mol. The first kappa shape index (κ1) is 12.0. The minimum absolute atomic E-state index is 0.370. The van der Waals surface area contributed by atoms with Gasteiger partial charge in [0.2, 0.25) is 0 Å². The van der Waals surface area contributed by atoms with Crippen LogP contribution in [-0.2, 0) is 4.79 Å². The normalized spacial score (nSPS) is 9.83. The molecule has 1 aromatic heterocycles. The van der Waals surface area contributed by atoms with E-state index in [4.69, 9.17) is 0 Å². The standard InChI is InChI=1S/C14H12N2O2/c1-10-7-8-12(9-15-10)16-14(18)13(17)11-5-3-2-4-6-11/h2-9H,1H3,(H,16,18). The van der Waals surface area contributed by atoms with Crippen LogP contribution in [0.25, 0.3) is 0 Å². The van der Waals surface area contributed by atoms with Crippen LogP contribution >= 0.6 is 0 Å². The Labute approximate surface area is 105 Å². The second-order valence-electron chi connectivity index (χ2n) is 3.84. The number of aryl methyl sites for hydroxylation is 1. The van der Waals surface area contributed by atoms with Crippen molar-refractivity contribution in [1.29, 1.82) is 0 Å². The zero-order chi connectivity index (χ0) is 13.0. The van der Waals surface area contributed by atoms with Gasteiger partial charge in [-0.25, -0.2) is 0 Å². The van der Waals surface area contributed by atoms with Crippen LogP contribution in [0.15, 0.2) is 48.7 Å². The highest BCUT2D eigenvalue weighted by Crippen LogP contribution is 2.07. The van der Waals surface area contributed by atoms with Gasteiger partial charge in [-0.2, -0.15) is 0 Å². The first-order valence-electron chi connectivity index (χ1n) is 5.50. The van der Waals surface area contributed by atoms with Crippen molar-refractivity contribution in [2.75, 3.05) is 5.32 Å². The van der Waals surface area contributed by atoms with Crippen molar-refractivity contribution >= 4 is 17.4 Å². The molecule has 0 bridgehead atoms. The molecule has 4 heteroatoms. The van der Waals surface area contributed by atoms with E-state index in [2.05, 4.69) is 10.3 Å². The van der Waals surface area contributed by atoms with Crippen molar-refractivity contribution in [1.82, 2.24) is 4.98 Å². The van der Waals surface area contributed by atoms with Gasteiger partial charge in [0.1, 0.15) is 0 Å². The van der Waals surface area contributed by atoms with Crippen molar-refractivity contribution in [3.63, 3.8) is 0 Å². The molecule has 0 aliphatic rings. The Morgan fingerprint density at radius 3 is 2.39 bits per heavy atom. The van der Waals surface area contributed by atoms with Gasteiger partial charge in [-0.15, -0.1) is 0 Å². The summed E-state index contributed by atoms with van der Waals surface area (Å²) in [7, 11) is 0. The zero-order valence-corrected chi connectivity index (χ0v) is 9.88. The predicted octanol–water partition coefficient (Wildman–Crippen LogP) is 2.21. The summed E-state index contributed by atoms with van der Waals surface area (Å²) in [6.07, 6.45) is 1.52. The van der Waals surface area contributed by atoms with Crippen LogP contribution in [0.4, 0.5) is 5.69 Å². The molecule has 0 aliphatic heterocycles. The number of anilines is 1. The van der Waals surface area contributed by atoms with Crippen LogP contribution in [-0.4, -0.2) is 16.7 Å². The van der Waals surface area contributed by atoms with E-state index in [1.165, 1.54) is 6.20 Å². The van der Waals surface area contributed by atoms with E-state index in [0.717, 1.165) is 5.69 Å². The first-order chi connectivity index (χ1) is 8.66. The van der Waals surface area contributed by atoms with Gasteiger partial charge in [0.15, 0.2) is 0 Å². The summed E-state index contributed by atoms with van der Waals surface area (Å²) in [6, 6.07) is 11.9. The molecule has 0 aliphatic carbocycles. The van der Waals surface area contributed by atoms with Crippen molar-refractivity contribution < 1.29 is 9.59 Å². The molecule has 1 heterocycles. The number of hydrogen-bond acceptors (Lipinski definition) is 3. The molecule has 1 N–H and O–H groups in total. The topological polar surface area (TPSA) is 59.1 Å². The van der Waals surface area contributed by atoms with E-state index in [1.807, 2.05) is 6.92 Å². The molecular formula is C14H12N2O2. The highest BCUT2D eigenvalue weighted by molar-refractivity contribution is 6.46. The van der Waals surface area contributed by atoms with E-state index < -0.39 is 11.7 Å². The van der Waals surface area contributed by atoms with Gasteiger partial charge in [-0.3, -0.25) is 14.6 Å². The van der Waals surface area contributed by atoms with Crippen molar-refractivity contribution in [3.8, 4) is 0 Å². The number of aromatic nitrogens is 1. The highest BCUT2D eigenvalue weighted by Gasteiger charge is 2.15. The van der Waals surface area contributed by atoms with Gasteiger partial charge >= 0.3 is 0 Å². The fourth-order valence-corrected chi connectivity index (χ4v) is 1.45. The Hall–Kier alpha value is -2.49. The summed E-state index contributed by atoms with van der Waals surface area (Å²) >= 11 is 0. The maximum absolute atomic E-state index is 11.8. The lowest BCUT2D eigenvalue weighted by atomic mass is 10.1. The molecule has 0 radical (unpaired) electrons. The maximum atomic E-state index is 11.8. The van der Waals surface area contributed by atoms with Crippen LogP contribution < -0.4 is 5.32 Å². The number of carbonyl (C=O) groups is 2. The van der Waals surface area contributed by atoms with Gasteiger partial charge in [0, 0.05) is 11.3 Å². The van der Waals surface area contributed by atoms with E-state index in [-0.39, 0.29) is 0 Å². The van der Waals surface area contributed by atoms with Crippen LogP contribution in [0.5, 0.6) is 0 Å². The third-order valence-electron chi connectivity index (χ3n) is 2.41. The number of hydrogen-bond donors (Lipinski definition) is 1. The molecule has 1 amide bonds. The maximum Gasteiger partial charge on any atom is 0.296 e. The summed E-state index contributed by atoms with van der Waals surface area (Å²) < 4.78 is 0. The minimum atomic E-state index is -0.660. The molecule has 0 saturated carbocycles. The Kier molecular flexibility index (Phi) is 3.48. The number of Topliss-reactive ketones (excluding diaryl/α,β-unsaturated/α-hetero) is 1. The van der Waals surface area contributed by atoms with Crippen LogP contribution in [0.2, 0.25) is 0 Å². The Balaban J connectivity index is 2.09. The number of ketones is 1. The molecule has 1 aromatic carbocycles. The number of carbonyl (C=O) groups excluding carboxylic acids is 2. The lowest BCUT2D eigenvalue weighted by molar-refractivity contribution is -0.112. The molecule has 4 nitrogen and oxygen atoms in total. The summed E-state index contributed by atoms with van der Waals surface area (Å²) in [6.45, 7) is 1.85. The number of nitrogens with zero attached hydrogens (tertiary/aromatic N) is 1. The van der Waals surface area contributed by atoms with Crippen molar-refractivity contribution in [3.05, 3.63) is 59.9 Å². The number of nitrogens with one attached hydrogen (secondary N) is 1. The van der Waals surface area contributed by atoms with Gasteiger partial charge in [-0.1, -0.05) is 30.3 Å². The Morgan fingerprint density at radius 1 is 1.06 bits per heavy atom. The fraction of sp³-hybridized carbons (Fsp3) is 0.0714. The first-order valence-corrected chi connectivity index (χ1v) is 5.50. The summed E-state index contributed by atoms with van der Waals surface area (Å²) in [5, 5.41) is 2.52. The molecule has 0 unspecified atom stereocenters. The largest absolute Gasteiger partial charge is 0.318 e.